The number of oxime groups is 1. The minimum Gasteiger partial charge on any atom is -0.478 e. The molecule has 10 heteroatoms. The summed E-state index contributed by atoms with van der Waals surface area (Å²) in [6.07, 6.45) is 0. The van der Waals surface area contributed by atoms with Crippen LogP contribution in [0.3, 0.4) is 0 Å². The SMILES string of the molecule is CC(C)(ON=C(C(=O)Cl)c1nsc(N)n1)C(=O)O. The van der Waals surface area contributed by atoms with Crippen LogP contribution in [0.25, 0.3) is 0 Å². The summed E-state index contributed by atoms with van der Waals surface area (Å²) < 4.78 is 3.72. The summed E-state index contributed by atoms with van der Waals surface area (Å²) in [4.78, 5) is 30.4. The topological polar surface area (TPSA) is 128 Å². The van der Waals surface area contributed by atoms with Crippen molar-refractivity contribution in [3.63, 3.8) is 0 Å². The largest absolute Gasteiger partial charge is 0.478 e. The summed E-state index contributed by atoms with van der Waals surface area (Å²) in [6, 6.07) is 0. The van der Waals surface area contributed by atoms with E-state index in [-0.39, 0.29) is 11.0 Å². The fourth-order valence-corrected chi connectivity index (χ4v) is 1.25. The number of carboxylic acids is 1. The third-order valence-electron chi connectivity index (χ3n) is 1.72. The van der Waals surface area contributed by atoms with Crippen molar-refractivity contribution in [3.05, 3.63) is 5.82 Å². The number of aliphatic carboxylic acids is 1. The molecule has 0 aliphatic rings. The number of hydrogen-bond donors (Lipinski definition) is 2. The fraction of sp³-hybridized carbons (Fsp3) is 0.375. The van der Waals surface area contributed by atoms with Crippen molar-refractivity contribution in [2.24, 2.45) is 5.16 Å². The van der Waals surface area contributed by atoms with Crippen LogP contribution >= 0.6 is 23.1 Å². The van der Waals surface area contributed by atoms with Gasteiger partial charge in [-0.1, -0.05) is 5.16 Å². The van der Waals surface area contributed by atoms with E-state index in [1.54, 1.807) is 0 Å². The summed E-state index contributed by atoms with van der Waals surface area (Å²) >= 11 is 6.13. The molecule has 18 heavy (non-hydrogen) atoms. The van der Waals surface area contributed by atoms with E-state index >= 15 is 0 Å². The Bertz CT molecular complexity index is 513. The summed E-state index contributed by atoms with van der Waals surface area (Å²) in [5.74, 6) is -1.36. The zero-order valence-corrected chi connectivity index (χ0v) is 10.9. The van der Waals surface area contributed by atoms with Gasteiger partial charge in [-0.25, -0.2) is 4.79 Å². The molecule has 0 atom stereocenters. The number of carboxylic acid groups (broad SMARTS) is 1. The highest BCUT2D eigenvalue weighted by Gasteiger charge is 2.31. The van der Waals surface area contributed by atoms with Gasteiger partial charge in [-0.3, -0.25) is 4.79 Å². The molecule has 0 aliphatic carbocycles. The first-order valence-corrected chi connectivity index (χ1v) is 5.68. The van der Waals surface area contributed by atoms with E-state index in [1.807, 2.05) is 0 Å². The molecule has 0 amide bonds. The third kappa shape index (κ3) is 3.37. The van der Waals surface area contributed by atoms with Crippen molar-refractivity contribution in [2.75, 3.05) is 5.73 Å². The van der Waals surface area contributed by atoms with Gasteiger partial charge in [0.1, 0.15) is 0 Å². The van der Waals surface area contributed by atoms with E-state index in [0.29, 0.717) is 0 Å². The van der Waals surface area contributed by atoms with Crippen molar-refractivity contribution in [1.82, 2.24) is 9.36 Å². The third-order valence-corrected chi connectivity index (χ3v) is 2.44. The minimum absolute atomic E-state index is 0.112. The molecule has 0 spiro atoms. The normalized spacial score (nSPS) is 12.3. The van der Waals surface area contributed by atoms with Crippen LogP contribution in [0.5, 0.6) is 0 Å². The molecule has 0 aliphatic heterocycles. The molecule has 0 radical (unpaired) electrons. The maximum absolute atomic E-state index is 11.1. The quantitative estimate of drug-likeness (QED) is 0.458. The Kier molecular flexibility index (Phi) is 4.19. The predicted molar refractivity (Wildman–Crippen MR) is 64.5 cm³/mol. The molecular weight excluding hydrogens is 284 g/mol. The number of nitrogen functional groups attached to an aromatic ring is 1. The molecule has 1 aromatic heterocycles. The molecule has 98 valence electrons. The maximum Gasteiger partial charge on any atom is 0.350 e. The van der Waals surface area contributed by atoms with Crippen LogP contribution in [-0.2, 0) is 14.4 Å². The number of hydrogen-bond acceptors (Lipinski definition) is 8. The summed E-state index contributed by atoms with van der Waals surface area (Å²) in [7, 11) is 0. The summed E-state index contributed by atoms with van der Waals surface area (Å²) in [5, 5.41) is 11.3. The highest BCUT2D eigenvalue weighted by atomic mass is 35.5. The number of carbonyl (C=O) groups is 2. The molecule has 0 bridgehead atoms. The van der Waals surface area contributed by atoms with E-state index < -0.39 is 22.5 Å². The molecule has 0 fully saturated rings. The van der Waals surface area contributed by atoms with Gasteiger partial charge in [-0.05, 0) is 25.4 Å². The molecule has 0 saturated heterocycles. The monoisotopic (exact) mass is 292 g/mol. The Morgan fingerprint density at radius 1 is 1.56 bits per heavy atom. The number of rotatable bonds is 5. The Morgan fingerprint density at radius 2 is 2.17 bits per heavy atom. The highest BCUT2D eigenvalue weighted by molar-refractivity contribution is 7.09. The standard InChI is InChI=1S/C8H9ClN4O4S/c1-8(2,6(15)16)17-12-3(4(9)14)5-11-7(10)18-13-5/h1-2H3,(H,15,16)(H2,10,11,13). The second-order valence-corrected chi connectivity index (χ2v) is 4.70. The first-order chi connectivity index (χ1) is 8.24. The lowest BCUT2D eigenvalue weighted by molar-refractivity contribution is -0.161. The van der Waals surface area contributed by atoms with Gasteiger partial charge in [-0.2, -0.15) is 9.36 Å². The van der Waals surface area contributed by atoms with Gasteiger partial charge in [0.15, 0.2) is 5.13 Å². The lowest BCUT2D eigenvalue weighted by Gasteiger charge is -2.16. The second kappa shape index (κ2) is 5.27. The van der Waals surface area contributed by atoms with Crippen molar-refractivity contribution in [2.45, 2.75) is 19.4 Å². The zero-order valence-electron chi connectivity index (χ0n) is 9.38. The number of nitrogens with zero attached hydrogens (tertiary/aromatic N) is 3. The van der Waals surface area contributed by atoms with Gasteiger partial charge < -0.3 is 15.7 Å². The first-order valence-electron chi connectivity index (χ1n) is 4.53. The smallest absolute Gasteiger partial charge is 0.350 e. The van der Waals surface area contributed by atoms with E-state index in [4.69, 9.17) is 27.3 Å². The van der Waals surface area contributed by atoms with Crippen LogP contribution < -0.4 is 5.73 Å². The van der Waals surface area contributed by atoms with E-state index in [1.165, 1.54) is 13.8 Å². The van der Waals surface area contributed by atoms with Gasteiger partial charge in [-0.15, -0.1) is 0 Å². The minimum atomic E-state index is -1.61. The predicted octanol–water partition coefficient (Wildman–Crippen LogP) is 0.470. The van der Waals surface area contributed by atoms with E-state index in [2.05, 4.69) is 14.5 Å². The van der Waals surface area contributed by atoms with Crippen LogP contribution in [0.4, 0.5) is 5.13 Å². The lowest BCUT2D eigenvalue weighted by Crippen LogP contribution is -2.33. The zero-order chi connectivity index (χ0) is 13.9. The fourth-order valence-electron chi connectivity index (χ4n) is 0.695. The Labute approximate surface area is 111 Å². The van der Waals surface area contributed by atoms with Crippen molar-refractivity contribution >= 4 is 45.2 Å². The van der Waals surface area contributed by atoms with Crippen LogP contribution in [0, 0.1) is 0 Å². The maximum atomic E-state index is 11.1. The Balaban J connectivity index is 3.01. The van der Waals surface area contributed by atoms with Gasteiger partial charge in [0.25, 0.3) is 5.24 Å². The van der Waals surface area contributed by atoms with Gasteiger partial charge in [0, 0.05) is 11.5 Å². The number of anilines is 1. The molecule has 1 heterocycles. The number of carbonyl (C=O) groups excluding carboxylic acids is 1. The average molecular weight is 293 g/mol. The van der Waals surface area contributed by atoms with E-state index in [0.717, 1.165) is 11.5 Å². The lowest BCUT2D eigenvalue weighted by atomic mass is 10.1. The number of aromatic nitrogens is 2. The molecule has 0 aromatic carbocycles. The van der Waals surface area contributed by atoms with Crippen LogP contribution in [0.2, 0.25) is 0 Å². The van der Waals surface area contributed by atoms with Crippen molar-refractivity contribution in [3.8, 4) is 0 Å². The summed E-state index contributed by atoms with van der Waals surface area (Å²) in [6.45, 7) is 2.52. The second-order valence-electron chi connectivity index (χ2n) is 3.58. The van der Waals surface area contributed by atoms with E-state index in [9.17, 15) is 9.59 Å². The van der Waals surface area contributed by atoms with Crippen molar-refractivity contribution in [1.29, 1.82) is 0 Å². The molecule has 0 saturated carbocycles. The van der Waals surface area contributed by atoms with Crippen LogP contribution in [0.15, 0.2) is 5.16 Å². The average Bonchev–Trinajstić information content (AvgIpc) is 2.64. The molecule has 1 rings (SSSR count). The molecular formula is C8H9ClN4O4S. The molecule has 1 aromatic rings. The van der Waals surface area contributed by atoms with Crippen LogP contribution in [0.1, 0.15) is 19.7 Å². The van der Waals surface area contributed by atoms with Gasteiger partial charge in [0.05, 0.1) is 0 Å². The number of nitrogens with two attached hydrogens (primary N) is 1. The molecule has 3 N–H and O–H groups in total. The first kappa shape index (κ1) is 14.3. The number of halogens is 1. The van der Waals surface area contributed by atoms with Crippen molar-refractivity contribution < 1.29 is 19.5 Å². The van der Waals surface area contributed by atoms with Gasteiger partial charge >= 0.3 is 5.97 Å². The summed E-state index contributed by atoms with van der Waals surface area (Å²) in [5.41, 5.74) is 3.33. The molecule has 8 nitrogen and oxygen atoms in total. The highest BCUT2D eigenvalue weighted by Crippen LogP contribution is 2.13. The molecule has 0 unspecified atom stereocenters. The van der Waals surface area contributed by atoms with Crippen LogP contribution in [-0.4, -0.2) is 37.0 Å². The Hall–Kier alpha value is -1.74. The van der Waals surface area contributed by atoms with Gasteiger partial charge in [0.2, 0.25) is 17.1 Å². The Morgan fingerprint density at radius 3 is 2.56 bits per heavy atom.